The van der Waals surface area contributed by atoms with Gasteiger partial charge in [0.25, 0.3) is 0 Å². The van der Waals surface area contributed by atoms with Crippen LogP contribution in [0.2, 0.25) is 0 Å². The third kappa shape index (κ3) is 5.59. The molecule has 17 heavy (non-hydrogen) atoms. The van der Waals surface area contributed by atoms with Gasteiger partial charge >= 0.3 is 5.43 Å². The maximum absolute atomic E-state index is 9.93. The van der Waals surface area contributed by atoms with Gasteiger partial charge < -0.3 is 10.2 Å². The number of phenolic OH excluding ortho intramolecular Hbond substituents is 1. The van der Waals surface area contributed by atoms with Gasteiger partial charge in [-0.15, -0.1) is 0 Å². The second-order valence-electron chi connectivity index (χ2n) is 4.35. The monoisotopic (exact) mass is 258 g/mol. The lowest BCUT2D eigenvalue weighted by Crippen LogP contribution is -1.94. The SMILES string of the molecule is CC(C)c1cccc(C(C)C)c1O.O=C(O)Cl. The van der Waals surface area contributed by atoms with E-state index in [9.17, 15) is 5.11 Å². The number of benzene rings is 1. The van der Waals surface area contributed by atoms with Crippen LogP contribution in [0.5, 0.6) is 5.75 Å². The van der Waals surface area contributed by atoms with Crippen molar-refractivity contribution < 1.29 is 15.0 Å². The fourth-order valence-corrected chi connectivity index (χ4v) is 1.51. The van der Waals surface area contributed by atoms with Gasteiger partial charge in [0, 0.05) is 11.6 Å². The number of phenols is 1. The Bertz CT molecular complexity index is 343. The summed E-state index contributed by atoms with van der Waals surface area (Å²) in [5, 5.41) is 17.1. The average molecular weight is 259 g/mol. The lowest BCUT2D eigenvalue weighted by atomic mass is 9.94. The maximum atomic E-state index is 9.93. The minimum atomic E-state index is -1.36. The van der Waals surface area contributed by atoms with E-state index in [1.165, 1.54) is 0 Å². The van der Waals surface area contributed by atoms with E-state index in [0.717, 1.165) is 11.1 Å². The summed E-state index contributed by atoms with van der Waals surface area (Å²) in [7, 11) is 0. The molecule has 96 valence electrons. The van der Waals surface area contributed by atoms with Crippen LogP contribution in [-0.2, 0) is 0 Å². The van der Waals surface area contributed by atoms with Gasteiger partial charge in [0.2, 0.25) is 0 Å². The molecule has 2 N–H and O–H groups in total. The van der Waals surface area contributed by atoms with Crippen molar-refractivity contribution in [1.82, 2.24) is 0 Å². The Kier molecular flexibility index (Phi) is 6.66. The number of hydrogen-bond acceptors (Lipinski definition) is 2. The van der Waals surface area contributed by atoms with Gasteiger partial charge in [-0.1, -0.05) is 45.9 Å². The lowest BCUT2D eigenvalue weighted by Gasteiger charge is -2.14. The molecular formula is C13H19ClO3. The molecule has 1 rings (SSSR count). The summed E-state index contributed by atoms with van der Waals surface area (Å²) in [6, 6.07) is 6.00. The third-order valence-electron chi connectivity index (χ3n) is 2.34. The highest BCUT2D eigenvalue weighted by molar-refractivity contribution is 6.60. The van der Waals surface area contributed by atoms with E-state index in [4.69, 9.17) is 9.90 Å². The molecule has 0 unspecified atom stereocenters. The minimum Gasteiger partial charge on any atom is -0.507 e. The first-order valence-electron chi connectivity index (χ1n) is 5.47. The van der Waals surface area contributed by atoms with Gasteiger partial charge in [0.15, 0.2) is 0 Å². The molecule has 0 amide bonds. The van der Waals surface area contributed by atoms with Gasteiger partial charge in [0.05, 0.1) is 0 Å². The summed E-state index contributed by atoms with van der Waals surface area (Å²) in [6.07, 6.45) is 0. The lowest BCUT2D eigenvalue weighted by molar-refractivity contribution is 0.220. The Balaban J connectivity index is 0.000000557. The Labute approximate surface area is 107 Å². The predicted octanol–water partition coefficient (Wildman–Crippen LogP) is 4.54. The van der Waals surface area contributed by atoms with Gasteiger partial charge in [-0.2, -0.15) is 0 Å². The first-order valence-corrected chi connectivity index (χ1v) is 5.85. The highest BCUT2D eigenvalue weighted by Gasteiger charge is 2.11. The number of rotatable bonds is 2. The van der Waals surface area contributed by atoms with Crippen molar-refractivity contribution in [3.05, 3.63) is 29.3 Å². The molecule has 0 aromatic heterocycles. The molecule has 1 aromatic carbocycles. The van der Waals surface area contributed by atoms with Crippen LogP contribution in [-0.4, -0.2) is 15.6 Å². The van der Waals surface area contributed by atoms with Crippen molar-refractivity contribution in [3.8, 4) is 5.75 Å². The molecule has 0 aliphatic carbocycles. The Morgan fingerprint density at radius 2 is 1.41 bits per heavy atom. The smallest absolute Gasteiger partial charge is 0.401 e. The second kappa shape index (κ2) is 7.17. The molecule has 0 bridgehead atoms. The van der Waals surface area contributed by atoms with Crippen molar-refractivity contribution in [2.45, 2.75) is 39.5 Å². The average Bonchev–Trinajstić information content (AvgIpc) is 2.15. The van der Waals surface area contributed by atoms with E-state index in [1.807, 2.05) is 18.2 Å². The zero-order valence-corrected chi connectivity index (χ0v) is 11.3. The fraction of sp³-hybridized carbons (Fsp3) is 0.462. The van der Waals surface area contributed by atoms with Gasteiger partial charge in [-0.3, -0.25) is 0 Å². The number of aromatic hydroxyl groups is 1. The van der Waals surface area contributed by atoms with Crippen LogP contribution in [0.15, 0.2) is 18.2 Å². The van der Waals surface area contributed by atoms with Gasteiger partial charge in [-0.25, -0.2) is 4.79 Å². The molecule has 0 saturated carbocycles. The van der Waals surface area contributed by atoms with Crippen molar-refractivity contribution in [1.29, 1.82) is 0 Å². The van der Waals surface area contributed by atoms with Gasteiger partial charge in [0.1, 0.15) is 5.75 Å². The van der Waals surface area contributed by atoms with Crippen LogP contribution < -0.4 is 0 Å². The largest absolute Gasteiger partial charge is 0.507 e. The molecule has 0 aliphatic rings. The van der Waals surface area contributed by atoms with Crippen LogP contribution in [0.3, 0.4) is 0 Å². The van der Waals surface area contributed by atoms with Crippen LogP contribution >= 0.6 is 11.6 Å². The molecule has 4 heteroatoms. The molecule has 0 spiro atoms. The van der Waals surface area contributed by atoms with E-state index in [-0.39, 0.29) is 0 Å². The normalized spacial score (nSPS) is 10.1. The highest BCUT2D eigenvalue weighted by atomic mass is 35.5. The predicted molar refractivity (Wildman–Crippen MR) is 70.2 cm³/mol. The van der Waals surface area contributed by atoms with E-state index >= 15 is 0 Å². The summed E-state index contributed by atoms with van der Waals surface area (Å²) >= 11 is 4.19. The maximum Gasteiger partial charge on any atom is 0.401 e. The number of para-hydroxylation sites is 1. The zero-order valence-electron chi connectivity index (χ0n) is 10.6. The summed E-state index contributed by atoms with van der Waals surface area (Å²) in [6.45, 7) is 8.39. The summed E-state index contributed by atoms with van der Waals surface area (Å²) in [5.41, 5.74) is 0.734. The van der Waals surface area contributed by atoms with Crippen LogP contribution in [0.25, 0.3) is 0 Å². The van der Waals surface area contributed by atoms with E-state index in [0.29, 0.717) is 17.6 Å². The topological polar surface area (TPSA) is 57.5 Å². The number of hydrogen-bond donors (Lipinski definition) is 2. The van der Waals surface area contributed by atoms with Gasteiger partial charge in [-0.05, 0) is 23.0 Å². The molecule has 1 aromatic rings. The molecular weight excluding hydrogens is 240 g/mol. The fourth-order valence-electron chi connectivity index (χ4n) is 1.51. The molecule has 0 fully saturated rings. The van der Waals surface area contributed by atoms with Crippen LogP contribution in [0.1, 0.15) is 50.7 Å². The van der Waals surface area contributed by atoms with E-state index < -0.39 is 5.43 Å². The number of halogens is 1. The van der Waals surface area contributed by atoms with Crippen molar-refractivity contribution in [2.24, 2.45) is 0 Å². The highest BCUT2D eigenvalue weighted by Crippen LogP contribution is 2.32. The Morgan fingerprint density at radius 1 is 1.12 bits per heavy atom. The van der Waals surface area contributed by atoms with Crippen molar-refractivity contribution >= 4 is 17.0 Å². The summed E-state index contributed by atoms with van der Waals surface area (Å²) in [5.74, 6) is 1.25. The van der Waals surface area contributed by atoms with Crippen LogP contribution in [0, 0.1) is 0 Å². The molecule has 0 aliphatic heterocycles. The third-order valence-corrected chi connectivity index (χ3v) is 2.34. The molecule has 0 atom stereocenters. The van der Waals surface area contributed by atoms with E-state index in [2.05, 4.69) is 39.3 Å². The number of carboxylic acid groups (broad SMARTS) is 1. The summed E-state index contributed by atoms with van der Waals surface area (Å²) < 4.78 is 0. The Hall–Kier alpha value is -1.22. The molecule has 0 heterocycles. The number of carbonyl (C=O) groups is 1. The summed E-state index contributed by atoms with van der Waals surface area (Å²) in [4.78, 5) is 8.77. The van der Waals surface area contributed by atoms with Crippen molar-refractivity contribution in [3.63, 3.8) is 0 Å². The minimum absolute atomic E-state index is 0.388. The first-order chi connectivity index (χ1) is 7.77. The van der Waals surface area contributed by atoms with E-state index in [1.54, 1.807) is 0 Å². The van der Waals surface area contributed by atoms with Crippen LogP contribution in [0.4, 0.5) is 4.79 Å². The standard InChI is InChI=1S/C12H18O.CHClO2/c1-8(2)10-6-5-7-11(9(3)4)12(10)13;2-1(3)4/h5-9,13H,1-4H3;(H,3,4). The Morgan fingerprint density at radius 3 is 1.65 bits per heavy atom. The quantitative estimate of drug-likeness (QED) is 0.766. The first kappa shape index (κ1) is 15.8. The molecule has 3 nitrogen and oxygen atoms in total. The van der Waals surface area contributed by atoms with Crippen molar-refractivity contribution in [2.75, 3.05) is 0 Å². The zero-order chi connectivity index (χ0) is 13.6. The second-order valence-corrected chi connectivity index (χ2v) is 4.67. The molecule has 0 radical (unpaired) electrons. The molecule has 0 saturated heterocycles.